The molecule has 2 heterocycles. The highest BCUT2D eigenvalue weighted by Crippen LogP contribution is 2.37. The van der Waals surface area contributed by atoms with Crippen LogP contribution in [0.15, 0.2) is 64.6 Å². The van der Waals surface area contributed by atoms with Crippen molar-refractivity contribution in [3.63, 3.8) is 0 Å². The van der Waals surface area contributed by atoms with Gasteiger partial charge in [0, 0.05) is 23.5 Å². The van der Waals surface area contributed by atoms with Gasteiger partial charge >= 0.3 is 0 Å². The van der Waals surface area contributed by atoms with Gasteiger partial charge in [-0.3, -0.25) is 4.79 Å². The number of rotatable bonds is 7. The van der Waals surface area contributed by atoms with Crippen LogP contribution in [0.1, 0.15) is 17.5 Å². The summed E-state index contributed by atoms with van der Waals surface area (Å²) in [6, 6.07) is 18.2. The van der Waals surface area contributed by atoms with Crippen molar-refractivity contribution in [2.75, 3.05) is 13.6 Å². The van der Waals surface area contributed by atoms with Gasteiger partial charge in [0.2, 0.25) is 5.90 Å². The zero-order chi connectivity index (χ0) is 18.6. The molecule has 2 aromatic rings. The van der Waals surface area contributed by atoms with Crippen LogP contribution in [0.4, 0.5) is 0 Å². The van der Waals surface area contributed by atoms with Crippen molar-refractivity contribution in [3.8, 4) is 0 Å². The Morgan fingerprint density at radius 2 is 2.00 bits per heavy atom. The molecular weight excluding hydrogens is 360 g/mol. The fraction of sp³-hybridized carbons (Fsp3) is 0.300. The van der Waals surface area contributed by atoms with Crippen molar-refractivity contribution in [2.45, 2.75) is 29.5 Å². The fourth-order valence-electron chi connectivity index (χ4n) is 3.08. The van der Waals surface area contributed by atoms with E-state index in [1.807, 2.05) is 37.4 Å². The topological polar surface area (TPSA) is 57.2 Å². The summed E-state index contributed by atoms with van der Waals surface area (Å²) in [5.41, 5.74) is 2.13. The molecule has 0 amide bonds. The van der Waals surface area contributed by atoms with Gasteiger partial charge in [-0.25, -0.2) is 0 Å². The first-order valence-corrected chi connectivity index (χ1v) is 9.88. The van der Waals surface area contributed by atoms with Crippen molar-refractivity contribution in [1.82, 2.24) is 15.4 Å². The summed E-state index contributed by atoms with van der Waals surface area (Å²) in [4.78, 5) is 12.7. The number of nitrogens with zero attached hydrogens (tertiary/aromatic N) is 3. The Morgan fingerprint density at radius 3 is 2.63 bits per heavy atom. The van der Waals surface area contributed by atoms with E-state index in [9.17, 15) is 4.79 Å². The van der Waals surface area contributed by atoms with Crippen LogP contribution < -0.4 is 5.32 Å². The monoisotopic (exact) mass is 382 g/mol. The van der Waals surface area contributed by atoms with Gasteiger partial charge in [-0.15, -0.1) is 16.9 Å². The molecule has 2 aliphatic heterocycles. The number of nitrogens with one attached hydrogen (secondary N) is 1. The second-order valence-corrected chi connectivity index (χ2v) is 7.69. The predicted octanol–water partition coefficient (Wildman–Crippen LogP) is 2.66. The standard InChI is InChI=1S/C20H22N4O2S/c1-21-13-15-7-9-17(10-8-15)27-19-11-12-23(19)24-18(14-25)26-20(22-24)16-5-3-2-4-6-16/h2-10,14,18-19,21H,11-13H2,1H3. The van der Waals surface area contributed by atoms with Crippen LogP contribution in [0, 0.1) is 0 Å². The average Bonchev–Trinajstić information content (AvgIpc) is 3.11. The lowest BCUT2D eigenvalue weighted by molar-refractivity contribution is -0.158. The van der Waals surface area contributed by atoms with Crippen molar-refractivity contribution < 1.29 is 9.53 Å². The molecule has 0 aliphatic carbocycles. The molecule has 2 aliphatic rings. The normalized spacial score (nSPS) is 22.1. The number of aldehydes is 1. The van der Waals surface area contributed by atoms with E-state index in [2.05, 4.69) is 39.7 Å². The summed E-state index contributed by atoms with van der Waals surface area (Å²) in [7, 11) is 1.95. The van der Waals surface area contributed by atoms with Crippen LogP contribution in [-0.2, 0) is 16.1 Å². The Balaban J connectivity index is 1.45. The van der Waals surface area contributed by atoms with E-state index in [1.165, 1.54) is 10.5 Å². The Morgan fingerprint density at radius 1 is 1.22 bits per heavy atom. The van der Waals surface area contributed by atoms with Crippen molar-refractivity contribution in [3.05, 3.63) is 65.7 Å². The first kappa shape index (κ1) is 18.0. The molecule has 1 saturated heterocycles. The molecule has 0 bridgehead atoms. The van der Waals surface area contributed by atoms with Gasteiger partial charge < -0.3 is 10.1 Å². The fourth-order valence-corrected chi connectivity index (χ4v) is 4.23. The SMILES string of the molecule is CNCc1ccc(SC2CCN2N2N=C(c3ccccc3)OC2C=O)cc1. The first-order chi connectivity index (χ1) is 13.3. The number of hydrogen-bond donors (Lipinski definition) is 1. The molecule has 2 aromatic carbocycles. The van der Waals surface area contributed by atoms with Gasteiger partial charge in [-0.1, -0.05) is 30.3 Å². The Hall–Kier alpha value is -2.35. The zero-order valence-electron chi connectivity index (χ0n) is 15.1. The lowest BCUT2D eigenvalue weighted by atomic mass is 10.2. The Labute approximate surface area is 163 Å². The first-order valence-electron chi connectivity index (χ1n) is 9.00. The third-order valence-corrected chi connectivity index (χ3v) is 5.86. The molecule has 2 unspecified atom stereocenters. The van der Waals surface area contributed by atoms with Crippen LogP contribution >= 0.6 is 11.8 Å². The number of hydrogen-bond acceptors (Lipinski definition) is 7. The molecule has 7 heteroatoms. The maximum absolute atomic E-state index is 11.5. The van der Waals surface area contributed by atoms with Crippen molar-refractivity contribution in [2.24, 2.45) is 5.10 Å². The number of ether oxygens (including phenoxy) is 1. The zero-order valence-corrected chi connectivity index (χ0v) is 15.9. The number of carbonyl (C=O) groups excluding carboxylic acids is 1. The molecule has 0 saturated carbocycles. The molecule has 2 atom stereocenters. The van der Waals surface area contributed by atoms with E-state index in [0.29, 0.717) is 5.90 Å². The Kier molecular flexibility index (Phi) is 5.42. The van der Waals surface area contributed by atoms with Crippen molar-refractivity contribution >= 4 is 23.9 Å². The van der Waals surface area contributed by atoms with Crippen LogP contribution in [-0.4, -0.2) is 47.5 Å². The summed E-state index contributed by atoms with van der Waals surface area (Å²) in [6.45, 7) is 1.72. The van der Waals surface area contributed by atoms with E-state index >= 15 is 0 Å². The number of thioether (sulfide) groups is 1. The van der Waals surface area contributed by atoms with Gasteiger partial charge in [-0.05, 0) is 43.3 Å². The van der Waals surface area contributed by atoms with Gasteiger partial charge in [0.15, 0.2) is 6.29 Å². The average molecular weight is 382 g/mol. The minimum Gasteiger partial charge on any atom is -0.442 e. The third kappa shape index (κ3) is 3.85. The third-order valence-electron chi connectivity index (χ3n) is 4.57. The summed E-state index contributed by atoms with van der Waals surface area (Å²) in [5.74, 6) is 0.486. The second kappa shape index (κ2) is 8.12. The van der Waals surface area contributed by atoms with Gasteiger partial charge in [0.05, 0.1) is 5.37 Å². The maximum atomic E-state index is 11.5. The second-order valence-electron chi connectivity index (χ2n) is 6.43. The number of carbonyl (C=O) groups is 1. The minimum atomic E-state index is -0.707. The summed E-state index contributed by atoms with van der Waals surface area (Å²) >= 11 is 1.78. The molecule has 0 radical (unpaired) electrons. The summed E-state index contributed by atoms with van der Waals surface area (Å²) in [5, 5.41) is 11.7. The lowest BCUT2D eigenvalue weighted by Crippen LogP contribution is -2.56. The van der Waals surface area contributed by atoms with Crippen LogP contribution in [0.5, 0.6) is 0 Å². The number of benzene rings is 2. The lowest BCUT2D eigenvalue weighted by Gasteiger charge is -2.44. The molecule has 0 aromatic heterocycles. The van der Waals surface area contributed by atoms with Gasteiger partial charge in [-0.2, -0.15) is 10.1 Å². The van der Waals surface area contributed by atoms with Gasteiger partial charge in [0.1, 0.15) is 0 Å². The van der Waals surface area contributed by atoms with Crippen LogP contribution in [0.2, 0.25) is 0 Å². The van der Waals surface area contributed by atoms with E-state index in [-0.39, 0.29) is 5.37 Å². The van der Waals surface area contributed by atoms with Crippen LogP contribution in [0.25, 0.3) is 0 Å². The molecular formula is C20H22N4O2S. The predicted molar refractivity (Wildman–Crippen MR) is 106 cm³/mol. The molecule has 1 fully saturated rings. The molecule has 27 heavy (non-hydrogen) atoms. The quantitative estimate of drug-likeness (QED) is 0.743. The molecule has 140 valence electrons. The summed E-state index contributed by atoms with van der Waals surface area (Å²) < 4.78 is 5.76. The summed E-state index contributed by atoms with van der Waals surface area (Å²) in [6.07, 6.45) is 1.13. The van der Waals surface area contributed by atoms with E-state index in [4.69, 9.17) is 4.74 Å². The van der Waals surface area contributed by atoms with E-state index in [1.54, 1.807) is 16.9 Å². The Bertz CT molecular complexity index is 812. The maximum Gasteiger partial charge on any atom is 0.259 e. The number of hydrazone groups is 1. The number of hydrazine groups is 1. The molecule has 0 spiro atoms. The van der Waals surface area contributed by atoms with Gasteiger partial charge in [0.25, 0.3) is 6.23 Å². The van der Waals surface area contributed by atoms with Crippen molar-refractivity contribution in [1.29, 1.82) is 0 Å². The molecule has 1 N–H and O–H groups in total. The highest BCUT2D eigenvalue weighted by molar-refractivity contribution is 8.00. The molecule has 6 nitrogen and oxygen atoms in total. The largest absolute Gasteiger partial charge is 0.442 e. The highest BCUT2D eigenvalue weighted by atomic mass is 32.2. The highest BCUT2D eigenvalue weighted by Gasteiger charge is 2.41. The van der Waals surface area contributed by atoms with E-state index in [0.717, 1.165) is 31.4 Å². The van der Waals surface area contributed by atoms with E-state index < -0.39 is 6.23 Å². The molecule has 4 rings (SSSR count). The smallest absolute Gasteiger partial charge is 0.259 e. The van der Waals surface area contributed by atoms with Crippen LogP contribution in [0.3, 0.4) is 0 Å². The minimum absolute atomic E-state index is 0.241.